The smallest absolute Gasteiger partial charge is 0.164 e. The van der Waals surface area contributed by atoms with Crippen LogP contribution >= 0.6 is 11.3 Å². The van der Waals surface area contributed by atoms with Crippen LogP contribution in [-0.4, -0.2) is 21.2 Å². The quantitative estimate of drug-likeness (QED) is 0.843. The number of ketones is 1. The number of carbonyl (C=O) groups excluding carboxylic acids is 1. The highest BCUT2D eigenvalue weighted by molar-refractivity contribution is 7.08. The summed E-state index contributed by atoms with van der Waals surface area (Å²) in [4.78, 5) is 12.3. The maximum Gasteiger partial charge on any atom is 0.164 e. The number of thiophene rings is 1. The lowest BCUT2D eigenvalue weighted by atomic mass is 9.72. The molecule has 1 N–H and O–H groups in total. The largest absolute Gasteiger partial charge is 0.294 e. The number of nitrogens with one attached hydrogen (secondary N) is 1. The number of aromatic nitrogens is 3. The Morgan fingerprint density at radius 3 is 2.83 bits per heavy atom. The fourth-order valence-corrected chi connectivity index (χ4v) is 2.59. The lowest BCUT2D eigenvalue weighted by molar-refractivity contribution is 0.0934. The Balaban J connectivity index is 2.25. The van der Waals surface area contributed by atoms with Gasteiger partial charge < -0.3 is 0 Å². The molecule has 0 saturated heterocycles. The highest BCUT2D eigenvalue weighted by Gasteiger charge is 2.35. The van der Waals surface area contributed by atoms with Gasteiger partial charge in [-0.2, -0.15) is 26.7 Å². The summed E-state index contributed by atoms with van der Waals surface area (Å²) in [5, 5.41) is 14.5. The molecular formula is C13H17N3OS. The number of Topliss-reactive ketones (excluding diaryl/α,β-unsaturated/α-hetero) is 1. The average molecular weight is 263 g/mol. The van der Waals surface area contributed by atoms with E-state index >= 15 is 0 Å². The van der Waals surface area contributed by atoms with Gasteiger partial charge in [0.2, 0.25) is 0 Å². The fraction of sp³-hybridized carbons (Fsp3) is 0.462. The summed E-state index contributed by atoms with van der Waals surface area (Å²) in [6, 6.07) is 1.87. The number of hydrogen-bond donors (Lipinski definition) is 1. The van der Waals surface area contributed by atoms with Crippen LogP contribution in [0.15, 0.2) is 23.0 Å². The highest BCUT2D eigenvalue weighted by Crippen LogP contribution is 2.35. The zero-order valence-corrected chi connectivity index (χ0v) is 11.6. The Labute approximate surface area is 110 Å². The molecule has 1 atom stereocenters. The van der Waals surface area contributed by atoms with Crippen molar-refractivity contribution >= 4 is 17.1 Å². The van der Waals surface area contributed by atoms with Gasteiger partial charge in [-0.3, -0.25) is 4.79 Å². The van der Waals surface area contributed by atoms with E-state index in [9.17, 15) is 4.79 Å². The van der Waals surface area contributed by atoms with Crippen molar-refractivity contribution in [2.45, 2.75) is 32.6 Å². The Morgan fingerprint density at radius 1 is 1.56 bits per heavy atom. The molecule has 4 nitrogen and oxygen atoms in total. The molecule has 0 amide bonds. The van der Waals surface area contributed by atoms with Crippen LogP contribution in [0.1, 0.15) is 43.2 Å². The van der Waals surface area contributed by atoms with Gasteiger partial charge in [0.1, 0.15) is 0 Å². The summed E-state index contributed by atoms with van der Waals surface area (Å²) in [6.45, 7) is 6.28. The minimum Gasteiger partial charge on any atom is -0.294 e. The van der Waals surface area contributed by atoms with E-state index in [2.05, 4.69) is 36.2 Å². The van der Waals surface area contributed by atoms with Crippen LogP contribution in [0, 0.1) is 5.92 Å². The predicted molar refractivity (Wildman–Crippen MR) is 71.8 cm³/mol. The molecule has 0 saturated carbocycles. The molecule has 2 aromatic heterocycles. The van der Waals surface area contributed by atoms with Crippen molar-refractivity contribution in [3.05, 3.63) is 34.3 Å². The summed E-state index contributed by atoms with van der Waals surface area (Å²) >= 11 is 1.54. The average Bonchev–Trinajstić information content (AvgIpc) is 3.02. The molecule has 0 bridgehead atoms. The summed E-state index contributed by atoms with van der Waals surface area (Å²) in [5.74, 6) is 0.473. The first-order chi connectivity index (χ1) is 8.54. The third-order valence-electron chi connectivity index (χ3n) is 3.65. The molecule has 5 heteroatoms. The number of carbonyl (C=O) groups is 1. The van der Waals surface area contributed by atoms with Crippen LogP contribution in [0.3, 0.4) is 0 Å². The fourth-order valence-electron chi connectivity index (χ4n) is 1.93. The van der Waals surface area contributed by atoms with Gasteiger partial charge in [0, 0.05) is 22.8 Å². The summed E-state index contributed by atoms with van der Waals surface area (Å²) < 4.78 is 0. The Kier molecular flexibility index (Phi) is 3.61. The van der Waals surface area contributed by atoms with Gasteiger partial charge >= 0.3 is 0 Å². The van der Waals surface area contributed by atoms with Crippen molar-refractivity contribution in [1.29, 1.82) is 0 Å². The summed E-state index contributed by atoms with van der Waals surface area (Å²) in [7, 11) is 0. The van der Waals surface area contributed by atoms with Crippen LogP contribution in [0.5, 0.6) is 0 Å². The SMILES string of the molecule is CC(C)[C@](C)(CC(=O)c1ccsc1)c1cn[nH]n1. The van der Waals surface area contributed by atoms with E-state index in [1.165, 1.54) is 0 Å². The van der Waals surface area contributed by atoms with Gasteiger partial charge in [-0.25, -0.2) is 0 Å². The normalized spacial score (nSPS) is 14.7. The Morgan fingerprint density at radius 2 is 2.33 bits per heavy atom. The molecular weight excluding hydrogens is 246 g/mol. The molecule has 0 unspecified atom stereocenters. The minimum atomic E-state index is -0.286. The van der Waals surface area contributed by atoms with Crippen molar-refractivity contribution in [3.8, 4) is 0 Å². The first kappa shape index (κ1) is 13.0. The van der Waals surface area contributed by atoms with Gasteiger partial charge in [0.15, 0.2) is 5.78 Å². The molecule has 96 valence electrons. The third-order valence-corrected chi connectivity index (χ3v) is 4.33. The van der Waals surface area contributed by atoms with E-state index in [1.54, 1.807) is 17.5 Å². The minimum absolute atomic E-state index is 0.162. The molecule has 18 heavy (non-hydrogen) atoms. The predicted octanol–water partition coefficient (Wildman–Crippen LogP) is 3.05. The number of H-pyrrole nitrogens is 1. The highest BCUT2D eigenvalue weighted by atomic mass is 32.1. The van der Waals surface area contributed by atoms with E-state index < -0.39 is 0 Å². The van der Waals surface area contributed by atoms with Crippen LogP contribution in [-0.2, 0) is 5.41 Å². The lowest BCUT2D eigenvalue weighted by Gasteiger charge is -2.30. The molecule has 0 aromatic carbocycles. The van der Waals surface area contributed by atoms with Crippen LogP contribution in [0.25, 0.3) is 0 Å². The van der Waals surface area contributed by atoms with Gasteiger partial charge in [-0.15, -0.1) is 0 Å². The van der Waals surface area contributed by atoms with Crippen LogP contribution in [0.2, 0.25) is 0 Å². The van der Waals surface area contributed by atoms with E-state index in [1.807, 2.05) is 16.8 Å². The Hall–Kier alpha value is -1.49. The maximum absolute atomic E-state index is 12.3. The van der Waals surface area contributed by atoms with Gasteiger partial charge in [0.05, 0.1) is 11.9 Å². The molecule has 0 aliphatic rings. The molecule has 0 aliphatic heterocycles. The standard InChI is InChI=1S/C13H17N3OS/c1-9(2)13(3,12-7-14-16-15-12)6-11(17)10-4-5-18-8-10/h4-5,7-9H,6H2,1-3H3,(H,14,15,16)/t13-/m0/s1. The topological polar surface area (TPSA) is 58.6 Å². The van der Waals surface area contributed by atoms with Crippen molar-refractivity contribution in [1.82, 2.24) is 15.4 Å². The second kappa shape index (κ2) is 5.02. The number of rotatable bonds is 5. The molecule has 0 fully saturated rings. The first-order valence-electron chi connectivity index (χ1n) is 5.95. The molecule has 0 spiro atoms. The summed E-state index contributed by atoms with van der Waals surface area (Å²) in [5.41, 5.74) is 1.35. The molecule has 2 rings (SSSR count). The molecule has 0 radical (unpaired) electrons. The molecule has 2 heterocycles. The van der Waals surface area contributed by atoms with Crippen molar-refractivity contribution in [2.75, 3.05) is 0 Å². The maximum atomic E-state index is 12.3. The van der Waals surface area contributed by atoms with Crippen molar-refractivity contribution in [2.24, 2.45) is 5.92 Å². The zero-order valence-electron chi connectivity index (χ0n) is 10.8. The van der Waals surface area contributed by atoms with Crippen LogP contribution in [0.4, 0.5) is 0 Å². The lowest BCUT2D eigenvalue weighted by Crippen LogP contribution is -2.32. The number of aromatic amines is 1. The van der Waals surface area contributed by atoms with Gasteiger partial charge in [-0.05, 0) is 17.4 Å². The second-order valence-electron chi connectivity index (χ2n) is 5.04. The van der Waals surface area contributed by atoms with Crippen molar-refractivity contribution < 1.29 is 4.79 Å². The van der Waals surface area contributed by atoms with E-state index in [-0.39, 0.29) is 11.2 Å². The second-order valence-corrected chi connectivity index (χ2v) is 5.82. The molecule has 0 aliphatic carbocycles. The van der Waals surface area contributed by atoms with Gasteiger partial charge in [-0.1, -0.05) is 20.8 Å². The monoisotopic (exact) mass is 263 g/mol. The molecule has 2 aromatic rings. The van der Waals surface area contributed by atoms with Crippen molar-refractivity contribution in [3.63, 3.8) is 0 Å². The first-order valence-corrected chi connectivity index (χ1v) is 6.90. The van der Waals surface area contributed by atoms with E-state index in [0.29, 0.717) is 12.3 Å². The van der Waals surface area contributed by atoms with Crippen LogP contribution < -0.4 is 0 Å². The van der Waals surface area contributed by atoms with E-state index in [4.69, 9.17) is 0 Å². The summed E-state index contributed by atoms with van der Waals surface area (Å²) in [6.07, 6.45) is 2.16. The Bertz CT molecular complexity index is 504. The van der Waals surface area contributed by atoms with E-state index in [0.717, 1.165) is 11.3 Å². The zero-order chi connectivity index (χ0) is 13.2. The third kappa shape index (κ3) is 2.36. The number of nitrogens with zero attached hydrogens (tertiary/aromatic N) is 2. The number of hydrogen-bond acceptors (Lipinski definition) is 4. The van der Waals surface area contributed by atoms with Gasteiger partial charge in [0.25, 0.3) is 0 Å².